The van der Waals surface area contributed by atoms with Crippen LogP contribution in [-0.2, 0) is 20.1 Å². The monoisotopic (exact) mass is 280 g/mol. The lowest BCUT2D eigenvalue weighted by molar-refractivity contribution is 0.286. The quantitative estimate of drug-likeness (QED) is 0.909. The fourth-order valence-corrected chi connectivity index (χ4v) is 2.06. The molecule has 0 radical (unpaired) electrons. The molecule has 6 heteroatoms. The van der Waals surface area contributed by atoms with Crippen molar-refractivity contribution in [2.75, 3.05) is 0 Å². The lowest BCUT2D eigenvalue weighted by Gasteiger charge is -2.14. The number of rotatable bonds is 5. The summed E-state index contributed by atoms with van der Waals surface area (Å²) in [5, 5.41) is 4.58. The molecule has 102 valence electrons. The first-order valence-corrected chi connectivity index (χ1v) is 6.44. The van der Waals surface area contributed by atoms with Crippen molar-refractivity contribution < 1.29 is 4.74 Å². The Balaban J connectivity index is 2.17. The van der Waals surface area contributed by atoms with E-state index in [0.29, 0.717) is 23.8 Å². The Labute approximate surface area is 117 Å². The van der Waals surface area contributed by atoms with Crippen molar-refractivity contribution in [3.05, 3.63) is 40.9 Å². The van der Waals surface area contributed by atoms with Crippen LogP contribution in [0.1, 0.15) is 18.3 Å². The maximum atomic E-state index is 6.18. The average Bonchev–Trinajstić information content (AvgIpc) is 2.73. The zero-order valence-electron chi connectivity index (χ0n) is 11.0. The second-order valence-electron chi connectivity index (χ2n) is 4.50. The van der Waals surface area contributed by atoms with Crippen molar-refractivity contribution in [2.24, 2.45) is 12.8 Å². The fourth-order valence-electron chi connectivity index (χ4n) is 1.81. The van der Waals surface area contributed by atoms with Crippen molar-refractivity contribution in [1.82, 2.24) is 14.8 Å². The molecule has 0 saturated heterocycles. The van der Waals surface area contributed by atoms with E-state index in [4.69, 9.17) is 22.1 Å². The molecule has 1 aromatic heterocycles. The molecule has 0 spiro atoms. The van der Waals surface area contributed by atoms with Gasteiger partial charge >= 0.3 is 0 Å². The molecule has 0 fully saturated rings. The molecule has 0 amide bonds. The first kappa shape index (κ1) is 13.8. The van der Waals surface area contributed by atoms with Crippen LogP contribution in [0.15, 0.2) is 24.5 Å². The second kappa shape index (κ2) is 6.04. The highest BCUT2D eigenvalue weighted by Crippen LogP contribution is 2.30. The Morgan fingerprint density at radius 3 is 2.89 bits per heavy atom. The van der Waals surface area contributed by atoms with Gasteiger partial charge in [-0.05, 0) is 25.0 Å². The molecule has 1 atom stereocenters. The molecular weight excluding hydrogens is 264 g/mol. The van der Waals surface area contributed by atoms with Crippen molar-refractivity contribution in [3.8, 4) is 5.75 Å². The van der Waals surface area contributed by atoms with Crippen LogP contribution < -0.4 is 10.5 Å². The van der Waals surface area contributed by atoms with Gasteiger partial charge in [0.1, 0.15) is 18.7 Å². The minimum Gasteiger partial charge on any atom is -0.484 e. The van der Waals surface area contributed by atoms with Gasteiger partial charge in [0.15, 0.2) is 5.82 Å². The third-order valence-corrected chi connectivity index (χ3v) is 3.04. The Hall–Kier alpha value is -1.59. The van der Waals surface area contributed by atoms with Crippen LogP contribution in [-0.4, -0.2) is 20.8 Å². The Morgan fingerprint density at radius 2 is 2.26 bits per heavy atom. The number of benzene rings is 1. The summed E-state index contributed by atoms with van der Waals surface area (Å²) in [4.78, 5) is 4.11. The summed E-state index contributed by atoms with van der Waals surface area (Å²) in [6.07, 6.45) is 2.21. The third kappa shape index (κ3) is 3.45. The number of hydrogen-bond donors (Lipinski definition) is 1. The molecule has 1 aromatic carbocycles. The van der Waals surface area contributed by atoms with Crippen LogP contribution in [0, 0.1) is 0 Å². The normalized spacial score (nSPS) is 12.4. The topological polar surface area (TPSA) is 66.0 Å². The third-order valence-electron chi connectivity index (χ3n) is 2.74. The van der Waals surface area contributed by atoms with E-state index in [2.05, 4.69) is 10.1 Å². The summed E-state index contributed by atoms with van der Waals surface area (Å²) in [5.74, 6) is 1.41. The van der Waals surface area contributed by atoms with Gasteiger partial charge in [0, 0.05) is 13.1 Å². The molecule has 0 saturated carbocycles. The van der Waals surface area contributed by atoms with Gasteiger partial charge in [-0.3, -0.25) is 4.68 Å². The van der Waals surface area contributed by atoms with Crippen molar-refractivity contribution in [3.63, 3.8) is 0 Å². The van der Waals surface area contributed by atoms with E-state index in [-0.39, 0.29) is 6.04 Å². The lowest BCUT2D eigenvalue weighted by atomic mass is 10.1. The molecule has 19 heavy (non-hydrogen) atoms. The summed E-state index contributed by atoms with van der Waals surface area (Å²) in [6.45, 7) is 2.28. The van der Waals surface area contributed by atoms with Crippen molar-refractivity contribution in [1.29, 1.82) is 0 Å². The van der Waals surface area contributed by atoms with Crippen LogP contribution in [0.5, 0.6) is 5.75 Å². The number of nitrogens with zero attached hydrogens (tertiary/aromatic N) is 3. The Morgan fingerprint density at radius 1 is 1.47 bits per heavy atom. The molecule has 0 aliphatic carbocycles. The van der Waals surface area contributed by atoms with Gasteiger partial charge in [0.2, 0.25) is 0 Å². The second-order valence-corrected chi connectivity index (χ2v) is 4.91. The van der Waals surface area contributed by atoms with E-state index in [9.17, 15) is 0 Å². The maximum absolute atomic E-state index is 6.18. The van der Waals surface area contributed by atoms with E-state index < -0.39 is 0 Å². The highest BCUT2D eigenvalue weighted by molar-refractivity contribution is 6.32. The number of ether oxygens (including phenoxy) is 1. The predicted octanol–water partition coefficient (Wildman–Crippen LogP) is 1.94. The molecular formula is C13H17ClN4O. The molecule has 0 bridgehead atoms. The van der Waals surface area contributed by atoms with Crippen LogP contribution in [0.4, 0.5) is 0 Å². The highest BCUT2D eigenvalue weighted by atomic mass is 35.5. The van der Waals surface area contributed by atoms with Crippen LogP contribution in [0.2, 0.25) is 5.02 Å². The molecule has 2 aromatic rings. The maximum Gasteiger partial charge on any atom is 0.164 e. The number of nitrogens with two attached hydrogens (primary N) is 1. The van der Waals surface area contributed by atoms with Crippen LogP contribution in [0.25, 0.3) is 0 Å². The van der Waals surface area contributed by atoms with E-state index >= 15 is 0 Å². The standard InChI is InChI=1S/C13H17ClN4O/c1-9(15)6-10-4-3-5-11(14)13(10)19-7-12-16-8-17-18(12)2/h3-5,8-9H,6-7,15H2,1-2H3. The zero-order valence-corrected chi connectivity index (χ0v) is 11.8. The van der Waals surface area contributed by atoms with Gasteiger partial charge in [-0.2, -0.15) is 5.10 Å². The van der Waals surface area contributed by atoms with E-state index in [1.807, 2.05) is 26.1 Å². The van der Waals surface area contributed by atoms with Crippen molar-refractivity contribution in [2.45, 2.75) is 26.0 Å². The largest absolute Gasteiger partial charge is 0.484 e. The van der Waals surface area contributed by atoms with E-state index in [1.165, 1.54) is 6.33 Å². The molecule has 0 aliphatic rings. The summed E-state index contributed by atoms with van der Waals surface area (Å²) >= 11 is 6.18. The highest BCUT2D eigenvalue weighted by Gasteiger charge is 2.11. The van der Waals surface area contributed by atoms with Crippen molar-refractivity contribution >= 4 is 11.6 Å². The Kier molecular flexibility index (Phi) is 4.39. The number of para-hydroxylation sites is 1. The molecule has 1 heterocycles. The summed E-state index contributed by atoms with van der Waals surface area (Å²) in [5.41, 5.74) is 6.84. The molecule has 2 rings (SSSR count). The van der Waals surface area contributed by atoms with Gasteiger partial charge in [-0.25, -0.2) is 4.98 Å². The number of aromatic nitrogens is 3. The van der Waals surface area contributed by atoms with E-state index in [1.54, 1.807) is 10.7 Å². The molecule has 1 unspecified atom stereocenters. The molecule has 2 N–H and O–H groups in total. The van der Waals surface area contributed by atoms with Crippen LogP contribution >= 0.6 is 11.6 Å². The van der Waals surface area contributed by atoms with Gasteiger partial charge in [0.05, 0.1) is 5.02 Å². The summed E-state index contributed by atoms with van der Waals surface area (Å²) < 4.78 is 7.45. The Bertz CT molecular complexity index is 553. The first-order valence-electron chi connectivity index (χ1n) is 6.06. The van der Waals surface area contributed by atoms with Gasteiger partial charge in [-0.1, -0.05) is 23.7 Å². The lowest BCUT2D eigenvalue weighted by Crippen LogP contribution is -2.18. The van der Waals surface area contributed by atoms with Gasteiger partial charge in [0.25, 0.3) is 0 Å². The minimum absolute atomic E-state index is 0.0515. The molecule has 5 nitrogen and oxygen atoms in total. The number of halogens is 1. The summed E-state index contributed by atoms with van der Waals surface area (Å²) in [7, 11) is 1.82. The average molecular weight is 281 g/mol. The number of aryl methyl sites for hydroxylation is 1. The minimum atomic E-state index is 0.0515. The van der Waals surface area contributed by atoms with Crippen LogP contribution in [0.3, 0.4) is 0 Å². The summed E-state index contributed by atoms with van der Waals surface area (Å²) in [6, 6.07) is 5.73. The smallest absolute Gasteiger partial charge is 0.164 e. The molecule has 0 aliphatic heterocycles. The predicted molar refractivity (Wildman–Crippen MR) is 74.1 cm³/mol. The van der Waals surface area contributed by atoms with Gasteiger partial charge < -0.3 is 10.5 Å². The van der Waals surface area contributed by atoms with E-state index in [0.717, 1.165) is 11.4 Å². The van der Waals surface area contributed by atoms with Gasteiger partial charge in [-0.15, -0.1) is 0 Å². The first-order chi connectivity index (χ1) is 9.08. The SMILES string of the molecule is CC(N)Cc1cccc(Cl)c1OCc1ncnn1C. The zero-order chi connectivity index (χ0) is 13.8. The fraction of sp³-hybridized carbons (Fsp3) is 0.385. The number of hydrogen-bond acceptors (Lipinski definition) is 4.